The first-order valence-corrected chi connectivity index (χ1v) is 6.38. The van der Waals surface area contributed by atoms with Gasteiger partial charge in [0, 0.05) is 6.42 Å². The molecule has 0 atom stereocenters. The predicted octanol–water partition coefficient (Wildman–Crippen LogP) is 0.924. The maximum absolute atomic E-state index is 10.9. The van der Waals surface area contributed by atoms with E-state index >= 15 is 0 Å². The Hall–Kier alpha value is -0.870. The molecule has 1 aliphatic carbocycles. The van der Waals surface area contributed by atoms with E-state index in [1.54, 1.807) is 6.08 Å². The Balaban J connectivity index is 2.14. The monoisotopic (exact) mass is 225 g/mol. The first kappa shape index (κ1) is 10.6. The second kappa shape index (κ2) is 4.77. The van der Waals surface area contributed by atoms with E-state index in [0.29, 0.717) is 17.2 Å². The van der Waals surface area contributed by atoms with Gasteiger partial charge in [-0.15, -0.1) is 0 Å². The van der Waals surface area contributed by atoms with Crippen LogP contribution in [0.3, 0.4) is 0 Å². The van der Waals surface area contributed by atoms with E-state index in [1.165, 1.54) is 5.57 Å². The molecule has 2 aliphatic rings. The minimum absolute atomic E-state index is 0.519. The number of piperidine rings is 1. The molecule has 1 fully saturated rings. The van der Waals surface area contributed by atoms with Crippen LogP contribution in [-0.4, -0.2) is 26.4 Å². The molecule has 2 rings (SSSR count). The van der Waals surface area contributed by atoms with Crippen molar-refractivity contribution in [1.29, 1.82) is 0 Å². The minimum Gasteiger partial charge on any atom is -0.317 e. The van der Waals surface area contributed by atoms with Gasteiger partial charge >= 0.3 is 0 Å². The van der Waals surface area contributed by atoms with Gasteiger partial charge < -0.3 is 5.32 Å². The van der Waals surface area contributed by atoms with Crippen LogP contribution in [0.25, 0.3) is 0 Å². The Morgan fingerprint density at radius 3 is 2.67 bits per heavy atom. The summed E-state index contributed by atoms with van der Waals surface area (Å²) in [4.78, 5) is 0.519. The highest BCUT2D eigenvalue weighted by atomic mass is 32.2. The molecule has 1 saturated heterocycles. The highest BCUT2D eigenvalue weighted by Gasteiger charge is 2.19. The average Bonchev–Trinajstić information content (AvgIpc) is 2.30. The normalized spacial score (nSPS) is 22.7. The summed E-state index contributed by atoms with van der Waals surface area (Å²) in [5.41, 5.74) is 1.28. The van der Waals surface area contributed by atoms with Crippen LogP contribution in [0, 0.1) is 5.92 Å². The minimum atomic E-state index is -2.05. The Morgan fingerprint density at radius 1 is 1.27 bits per heavy atom. The van der Waals surface area contributed by atoms with E-state index in [0.717, 1.165) is 25.9 Å². The average molecular weight is 225 g/mol. The molecule has 0 unspecified atom stereocenters. The number of hydrogen-bond acceptors (Lipinski definition) is 3. The molecule has 0 saturated carbocycles. The zero-order valence-corrected chi connectivity index (χ0v) is 9.39. The molecule has 0 aromatic rings. The summed E-state index contributed by atoms with van der Waals surface area (Å²) in [7, 11) is -2.05. The van der Waals surface area contributed by atoms with E-state index in [9.17, 15) is 8.42 Å². The Kier molecular flexibility index (Phi) is 3.38. The number of rotatable bonds is 1. The van der Waals surface area contributed by atoms with Gasteiger partial charge in [-0.25, -0.2) is 0 Å². The lowest BCUT2D eigenvalue weighted by Gasteiger charge is -2.26. The van der Waals surface area contributed by atoms with Gasteiger partial charge in [-0.1, -0.05) is 17.7 Å². The van der Waals surface area contributed by atoms with Gasteiger partial charge in [0.1, 0.15) is 0 Å². The van der Waals surface area contributed by atoms with Crippen molar-refractivity contribution in [3.8, 4) is 0 Å². The quantitative estimate of drug-likeness (QED) is 0.675. The second-order valence-electron chi connectivity index (χ2n) is 4.00. The highest BCUT2D eigenvalue weighted by molar-refractivity contribution is 7.73. The lowest BCUT2D eigenvalue weighted by molar-refractivity contribution is 0.417. The molecule has 3 nitrogen and oxygen atoms in total. The molecule has 1 N–H and O–H groups in total. The maximum atomic E-state index is 10.9. The fourth-order valence-electron chi connectivity index (χ4n) is 2.19. The summed E-state index contributed by atoms with van der Waals surface area (Å²) in [5.74, 6) is 0.565. The van der Waals surface area contributed by atoms with Crippen LogP contribution in [-0.2, 0) is 10.3 Å². The van der Waals surface area contributed by atoms with Gasteiger partial charge in [-0.05, 0) is 37.9 Å². The van der Waals surface area contributed by atoms with Crippen LogP contribution < -0.4 is 5.32 Å². The zero-order chi connectivity index (χ0) is 10.7. The summed E-state index contributed by atoms with van der Waals surface area (Å²) in [5, 5.41) is 3.31. The van der Waals surface area contributed by atoms with Crippen molar-refractivity contribution < 1.29 is 8.42 Å². The Bertz CT molecular complexity index is 418. The molecule has 0 bridgehead atoms. The highest BCUT2D eigenvalue weighted by Crippen LogP contribution is 2.26. The SMILES string of the molecule is O=S(=O)=C1C=CC=C(C2CCNCC2)C1. The molecule has 1 aliphatic heterocycles. The van der Waals surface area contributed by atoms with Gasteiger partial charge in [0.15, 0.2) is 0 Å². The molecule has 0 amide bonds. The van der Waals surface area contributed by atoms with Crippen LogP contribution in [0.1, 0.15) is 19.3 Å². The summed E-state index contributed by atoms with van der Waals surface area (Å²) in [6.45, 7) is 2.09. The van der Waals surface area contributed by atoms with Gasteiger partial charge in [-0.2, -0.15) is 8.42 Å². The van der Waals surface area contributed by atoms with Crippen molar-refractivity contribution in [2.24, 2.45) is 5.92 Å². The van der Waals surface area contributed by atoms with E-state index in [1.807, 2.05) is 6.08 Å². The van der Waals surface area contributed by atoms with Gasteiger partial charge in [0.25, 0.3) is 0 Å². The molecule has 82 valence electrons. The van der Waals surface area contributed by atoms with E-state index in [2.05, 4.69) is 11.4 Å². The fraction of sp³-hybridized carbons (Fsp3) is 0.545. The first-order chi connectivity index (χ1) is 7.27. The van der Waals surface area contributed by atoms with Crippen molar-refractivity contribution in [1.82, 2.24) is 5.32 Å². The number of allylic oxidation sites excluding steroid dienone is 4. The molecule has 15 heavy (non-hydrogen) atoms. The molecular formula is C11H15NO2S. The van der Waals surface area contributed by atoms with Crippen LogP contribution in [0.15, 0.2) is 23.8 Å². The zero-order valence-electron chi connectivity index (χ0n) is 8.57. The van der Waals surface area contributed by atoms with Crippen molar-refractivity contribution in [2.45, 2.75) is 19.3 Å². The van der Waals surface area contributed by atoms with Crippen LogP contribution in [0.5, 0.6) is 0 Å². The summed E-state index contributed by atoms with van der Waals surface area (Å²) < 4.78 is 21.7. The summed E-state index contributed by atoms with van der Waals surface area (Å²) >= 11 is 0. The lowest BCUT2D eigenvalue weighted by Crippen LogP contribution is -2.29. The molecular weight excluding hydrogens is 210 g/mol. The van der Waals surface area contributed by atoms with Crippen molar-refractivity contribution in [2.75, 3.05) is 13.1 Å². The fourth-order valence-corrected chi connectivity index (χ4v) is 2.66. The van der Waals surface area contributed by atoms with Crippen LogP contribution in [0.4, 0.5) is 0 Å². The van der Waals surface area contributed by atoms with Gasteiger partial charge in [-0.3, -0.25) is 0 Å². The third-order valence-electron chi connectivity index (χ3n) is 3.05. The topological polar surface area (TPSA) is 46.2 Å². The van der Waals surface area contributed by atoms with Gasteiger partial charge in [0.05, 0.1) is 4.86 Å². The third kappa shape index (κ3) is 2.58. The number of nitrogens with one attached hydrogen (secondary N) is 1. The van der Waals surface area contributed by atoms with Gasteiger partial charge in [0.2, 0.25) is 10.3 Å². The second-order valence-corrected chi connectivity index (χ2v) is 5.00. The van der Waals surface area contributed by atoms with Crippen LogP contribution >= 0.6 is 0 Å². The lowest BCUT2D eigenvalue weighted by atomic mass is 9.85. The predicted molar refractivity (Wildman–Crippen MR) is 61.4 cm³/mol. The summed E-state index contributed by atoms with van der Waals surface area (Å²) in [6, 6.07) is 0. The smallest absolute Gasteiger partial charge is 0.217 e. The van der Waals surface area contributed by atoms with Crippen LogP contribution in [0.2, 0.25) is 0 Å². The van der Waals surface area contributed by atoms with E-state index in [-0.39, 0.29) is 0 Å². The maximum Gasteiger partial charge on any atom is 0.217 e. The Morgan fingerprint density at radius 2 is 2.00 bits per heavy atom. The third-order valence-corrected chi connectivity index (χ3v) is 3.76. The Labute approximate surface area is 91.4 Å². The first-order valence-electron chi connectivity index (χ1n) is 5.30. The molecule has 0 radical (unpaired) electrons. The molecule has 0 spiro atoms. The standard InChI is InChI=1S/C11H15NO2S/c13-15(14)11-3-1-2-10(8-11)9-4-6-12-7-5-9/h1-3,9,12H,4-8H2. The summed E-state index contributed by atoms with van der Waals surface area (Å²) in [6.07, 6.45) is 8.47. The van der Waals surface area contributed by atoms with Crippen molar-refractivity contribution in [3.05, 3.63) is 23.8 Å². The molecule has 0 aromatic heterocycles. The van der Waals surface area contributed by atoms with E-state index < -0.39 is 10.3 Å². The molecule has 1 heterocycles. The van der Waals surface area contributed by atoms with E-state index in [4.69, 9.17) is 0 Å². The molecule has 0 aromatic carbocycles. The van der Waals surface area contributed by atoms with Crippen molar-refractivity contribution >= 4 is 15.2 Å². The van der Waals surface area contributed by atoms with Crippen molar-refractivity contribution in [3.63, 3.8) is 0 Å². The number of hydrogen-bond donors (Lipinski definition) is 1. The molecule has 4 heteroatoms. The largest absolute Gasteiger partial charge is 0.317 e.